The van der Waals surface area contributed by atoms with Crippen molar-refractivity contribution in [1.82, 2.24) is 25.8 Å². The first-order valence-corrected chi connectivity index (χ1v) is 11.2. The first-order valence-electron chi connectivity index (χ1n) is 11.2. The fraction of sp³-hybridized carbons (Fsp3) is 0.200. The van der Waals surface area contributed by atoms with Crippen molar-refractivity contribution in [3.63, 3.8) is 0 Å². The molecule has 0 aliphatic carbocycles. The topological polar surface area (TPSA) is 177 Å². The molecule has 1 unspecified atom stereocenters. The molecule has 188 valence electrons. The van der Waals surface area contributed by atoms with Gasteiger partial charge >= 0.3 is 12.1 Å². The molecule has 12 nitrogen and oxygen atoms in total. The Morgan fingerprint density at radius 2 is 1.70 bits per heavy atom. The standard InChI is InChI=1S/C25H22N6O6/c1-37-17-7-4-15-11-31(19(32)18(15)10-17)13-24(20(33)27-22(35)29-24)9-8-14-2-5-16(6-3-14)25(12-26)21(34)28-23(36)30-25/h2-7,10-11,32H,12-13,26H2,1H3,(H2,27,29,33,35)(H2,28,30,34,36)/t24-,25?/m1/s1. The number of benzene rings is 2. The van der Waals surface area contributed by atoms with E-state index in [1.165, 1.54) is 11.7 Å². The number of nitrogens with two attached hydrogens (primary N) is 1. The Hall–Kier alpha value is -5.02. The van der Waals surface area contributed by atoms with Crippen LogP contribution in [-0.4, -0.2) is 52.7 Å². The molecule has 1 aromatic heterocycles. The molecule has 2 saturated heterocycles. The van der Waals surface area contributed by atoms with E-state index in [-0.39, 0.29) is 19.0 Å². The first-order chi connectivity index (χ1) is 17.7. The summed E-state index contributed by atoms with van der Waals surface area (Å²) in [5.74, 6) is 4.94. The smallest absolute Gasteiger partial charge is 0.323 e. The van der Waals surface area contributed by atoms with E-state index in [0.29, 0.717) is 27.6 Å². The fourth-order valence-corrected chi connectivity index (χ4v) is 4.43. The second kappa shape index (κ2) is 8.58. The number of carbonyl (C=O) groups is 4. The number of nitrogens with zero attached hydrogens (tertiary/aromatic N) is 1. The lowest BCUT2D eigenvalue weighted by molar-refractivity contribution is -0.124. The molecule has 2 fully saturated rings. The van der Waals surface area contributed by atoms with Gasteiger partial charge in [-0.3, -0.25) is 20.2 Å². The third-order valence-electron chi connectivity index (χ3n) is 6.46. The summed E-state index contributed by atoms with van der Waals surface area (Å²) in [6.45, 7) is -0.313. The maximum atomic E-state index is 12.8. The van der Waals surface area contributed by atoms with Gasteiger partial charge in [0.2, 0.25) is 5.54 Å². The average molecular weight is 502 g/mol. The Balaban J connectivity index is 1.48. The minimum Gasteiger partial charge on any atom is -0.497 e. The number of aromatic nitrogens is 1. The highest BCUT2D eigenvalue weighted by Gasteiger charge is 2.47. The maximum Gasteiger partial charge on any atom is 0.323 e. The van der Waals surface area contributed by atoms with Gasteiger partial charge in [0.05, 0.1) is 13.7 Å². The zero-order valence-corrected chi connectivity index (χ0v) is 19.5. The zero-order valence-electron chi connectivity index (χ0n) is 19.5. The molecular formula is C25H22N6O6. The van der Waals surface area contributed by atoms with E-state index in [0.717, 1.165) is 0 Å². The molecular weight excluding hydrogens is 480 g/mol. The van der Waals surface area contributed by atoms with E-state index in [1.54, 1.807) is 48.7 Å². The molecule has 7 N–H and O–H groups in total. The Kier molecular flexibility index (Phi) is 5.50. The molecule has 3 heterocycles. The van der Waals surface area contributed by atoms with E-state index in [2.05, 4.69) is 33.1 Å². The average Bonchev–Trinajstić information content (AvgIpc) is 3.47. The summed E-state index contributed by atoms with van der Waals surface area (Å²) in [4.78, 5) is 48.8. The lowest BCUT2D eigenvalue weighted by Gasteiger charge is -2.24. The molecule has 3 aromatic rings. The van der Waals surface area contributed by atoms with E-state index >= 15 is 0 Å². The summed E-state index contributed by atoms with van der Waals surface area (Å²) in [5.41, 5.74) is 3.67. The Morgan fingerprint density at radius 3 is 2.30 bits per heavy atom. The van der Waals surface area contributed by atoms with Crippen LogP contribution in [0.2, 0.25) is 0 Å². The Morgan fingerprint density at radius 1 is 1.00 bits per heavy atom. The van der Waals surface area contributed by atoms with Crippen LogP contribution in [0.1, 0.15) is 11.1 Å². The lowest BCUT2D eigenvalue weighted by Crippen LogP contribution is -2.49. The number of aromatic hydroxyl groups is 1. The zero-order chi connectivity index (χ0) is 26.4. The van der Waals surface area contributed by atoms with Gasteiger partial charge in [0.1, 0.15) is 5.75 Å². The number of amides is 6. The summed E-state index contributed by atoms with van der Waals surface area (Å²) < 4.78 is 6.64. The Bertz CT molecular complexity index is 1530. The van der Waals surface area contributed by atoms with Gasteiger partial charge in [0.25, 0.3) is 11.8 Å². The molecule has 37 heavy (non-hydrogen) atoms. The van der Waals surface area contributed by atoms with Gasteiger partial charge in [-0.1, -0.05) is 24.0 Å². The van der Waals surface area contributed by atoms with Crippen LogP contribution >= 0.6 is 0 Å². The molecule has 5 rings (SSSR count). The molecule has 2 aliphatic rings. The molecule has 2 aromatic carbocycles. The van der Waals surface area contributed by atoms with Crippen molar-refractivity contribution in [2.24, 2.45) is 5.73 Å². The summed E-state index contributed by atoms with van der Waals surface area (Å²) in [5, 5.41) is 21.5. The van der Waals surface area contributed by atoms with Crippen LogP contribution in [0.5, 0.6) is 11.6 Å². The summed E-state index contributed by atoms with van der Waals surface area (Å²) in [7, 11) is 1.51. The van der Waals surface area contributed by atoms with Gasteiger partial charge in [-0.2, -0.15) is 0 Å². The van der Waals surface area contributed by atoms with Crippen LogP contribution < -0.4 is 31.7 Å². The van der Waals surface area contributed by atoms with E-state index in [4.69, 9.17) is 10.5 Å². The number of imide groups is 2. The molecule has 6 amide bonds. The van der Waals surface area contributed by atoms with Crippen LogP contribution in [0.15, 0.2) is 48.7 Å². The molecule has 0 spiro atoms. The van der Waals surface area contributed by atoms with Crippen molar-refractivity contribution >= 4 is 34.6 Å². The van der Waals surface area contributed by atoms with Crippen molar-refractivity contribution in [3.05, 3.63) is 59.8 Å². The van der Waals surface area contributed by atoms with E-state index in [9.17, 15) is 24.3 Å². The van der Waals surface area contributed by atoms with Crippen LogP contribution in [0.25, 0.3) is 10.8 Å². The second-order valence-corrected chi connectivity index (χ2v) is 8.69. The number of ether oxygens (including phenoxy) is 1. The SMILES string of the molecule is COc1ccc2cn(C[C@@]3(C#Cc4ccc(C5(CN)NC(=O)NC5=O)cc4)NC(=O)NC3=O)c(O)c2c1. The number of fused-ring (bicyclic) bond motifs is 1. The monoisotopic (exact) mass is 502 g/mol. The largest absolute Gasteiger partial charge is 0.497 e. The van der Waals surface area contributed by atoms with Gasteiger partial charge in [-0.15, -0.1) is 0 Å². The minimum atomic E-state index is -1.66. The minimum absolute atomic E-state index is 0.114. The van der Waals surface area contributed by atoms with E-state index < -0.39 is 35.0 Å². The predicted molar refractivity (Wildman–Crippen MR) is 130 cm³/mol. The number of rotatable bonds is 5. The van der Waals surface area contributed by atoms with Crippen molar-refractivity contribution in [2.75, 3.05) is 13.7 Å². The number of urea groups is 2. The van der Waals surface area contributed by atoms with Crippen LogP contribution in [0.3, 0.4) is 0 Å². The molecule has 0 bridgehead atoms. The number of hydrogen-bond donors (Lipinski definition) is 6. The normalized spacial score (nSPS) is 22.6. The highest BCUT2D eigenvalue weighted by atomic mass is 16.5. The highest BCUT2D eigenvalue weighted by molar-refractivity contribution is 6.09. The van der Waals surface area contributed by atoms with Gasteiger partial charge in [-0.25, -0.2) is 9.59 Å². The van der Waals surface area contributed by atoms with Crippen molar-refractivity contribution in [2.45, 2.75) is 17.6 Å². The van der Waals surface area contributed by atoms with Gasteiger partial charge in [-0.05, 0) is 35.9 Å². The fourth-order valence-electron chi connectivity index (χ4n) is 4.43. The molecule has 0 saturated carbocycles. The molecule has 2 aliphatic heterocycles. The lowest BCUT2D eigenvalue weighted by atomic mass is 9.89. The van der Waals surface area contributed by atoms with Crippen LogP contribution in [0, 0.1) is 11.8 Å². The predicted octanol–water partition coefficient (Wildman–Crippen LogP) is -0.0212. The number of methoxy groups -OCH3 is 1. The van der Waals surface area contributed by atoms with Crippen molar-refractivity contribution < 1.29 is 29.0 Å². The molecule has 0 radical (unpaired) electrons. The highest BCUT2D eigenvalue weighted by Crippen LogP contribution is 2.32. The number of nitrogens with one attached hydrogen (secondary N) is 4. The van der Waals surface area contributed by atoms with Crippen molar-refractivity contribution in [1.29, 1.82) is 0 Å². The van der Waals surface area contributed by atoms with Crippen LogP contribution in [-0.2, 0) is 21.7 Å². The third-order valence-corrected chi connectivity index (χ3v) is 6.46. The van der Waals surface area contributed by atoms with Gasteiger partial charge < -0.3 is 30.8 Å². The number of carbonyl (C=O) groups excluding carboxylic acids is 4. The first kappa shape index (κ1) is 23.7. The second-order valence-electron chi connectivity index (χ2n) is 8.69. The quantitative estimate of drug-likeness (QED) is 0.210. The van der Waals surface area contributed by atoms with E-state index in [1.807, 2.05) is 0 Å². The molecule has 2 atom stereocenters. The summed E-state index contributed by atoms with van der Waals surface area (Å²) in [6.07, 6.45) is 1.65. The Labute approximate surface area is 210 Å². The summed E-state index contributed by atoms with van der Waals surface area (Å²) >= 11 is 0. The van der Waals surface area contributed by atoms with Crippen molar-refractivity contribution in [3.8, 4) is 23.5 Å². The van der Waals surface area contributed by atoms with Crippen LogP contribution in [0.4, 0.5) is 9.59 Å². The van der Waals surface area contributed by atoms with Gasteiger partial charge in [0, 0.05) is 29.1 Å². The maximum absolute atomic E-state index is 12.8. The summed E-state index contributed by atoms with van der Waals surface area (Å²) in [6, 6.07) is 10.2. The van der Waals surface area contributed by atoms with Gasteiger partial charge in [0.15, 0.2) is 11.4 Å². The molecule has 12 heteroatoms. The third kappa shape index (κ3) is 3.87. The number of hydrogen-bond acceptors (Lipinski definition) is 7.